The van der Waals surface area contributed by atoms with Crippen molar-refractivity contribution in [2.24, 2.45) is 0 Å². The fourth-order valence-electron chi connectivity index (χ4n) is 1.88. The smallest absolute Gasteiger partial charge is 0.401 e. The first kappa shape index (κ1) is 20.0. The van der Waals surface area contributed by atoms with Gasteiger partial charge in [0.1, 0.15) is 0 Å². The summed E-state index contributed by atoms with van der Waals surface area (Å²) in [5, 5.41) is 0. The summed E-state index contributed by atoms with van der Waals surface area (Å²) in [4.78, 5) is -2.14. The molecule has 0 spiro atoms. The summed E-state index contributed by atoms with van der Waals surface area (Å²) in [7, 11) is -5.25. The van der Waals surface area contributed by atoms with Gasteiger partial charge in [-0.1, -0.05) is 30.3 Å². The zero-order valence-corrected chi connectivity index (χ0v) is 13.2. The summed E-state index contributed by atoms with van der Waals surface area (Å²) in [6.07, 6.45) is -5.69. The minimum absolute atomic E-state index is 0.304. The van der Waals surface area contributed by atoms with E-state index in [0.717, 1.165) is 0 Å². The Kier molecular flexibility index (Phi) is 5.47. The number of nitrogens with one attached hydrogen (secondary N) is 1. The largest absolute Gasteiger partial charge is 0.573 e. The quantitative estimate of drug-likeness (QED) is 0.472. The molecule has 0 aromatic heterocycles. The van der Waals surface area contributed by atoms with E-state index < -0.39 is 56.8 Å². The van der Waals surface area contributed by atoms with Gasteiger partial charge in [0, 0.05) is 6.54 Å². The van der Waals surface area contributed by atoms with Gasteiger partial charge in [0.05, 0.1) is 0 Å². The van der Waals surface area contributed by atoms with Crippen molar-refractivity contribution >= 4 is 10.0 Å². The summed E-state index contributed by atoms with van der Waals surface area (Å²) < 4.78 is 120. The van der Waals surface area contributed by atoms with Crippen LogP contribution in [0, 0.1) is 23.3 Å². The van der Waals surface area contributed by atoms with Crippen molar-refractivity contribution < 1.29 is 43.9 Å². The van der Waals surface area contributed by atoms with Gasteiger partial charge in [-0.05, 0) is 5.56 Å². The van der Waals surface area contributed by atoms with Gasteiger partial charge in [-0.3, -0.25) is 0 Å². The molecule has 2 aromatic rings. The van der Waals surface area contributed by atoms with E-state index in [1.165, 1.54) is 24.3 Å². The molecule has 0 fully saturated rings. The molecular formula is C14H8F7NO3S. The Labute approximate surface area is 142 Å². The van der Waals surface area contributed by atoms with E-state index in [1.807, 2.05) is 0 Å². The molecule has 0 unspecified atom stereocenters. The second kappa shape index (κ2) is 7.11. The molecule has 12 heteroatoms. The topological polar surface area (TPSA) is 55.4 Å². The van der Waals surface area contributed by atoms with E-state index >= 15 is 0 Å². The van der Waals surface area contributed by atoms with Crippen LogP contribution in [0.2, 0.25) is 0 Å². The van der Waals surface area contributed by atoms with Gasteiger partial charge in [0.15, 0.2) is 22.3 Å². The van der Waals surface area contributed by atoms with Crippen molar-refractivity contribution in [1.82, 2.24) is 4.72 Å². The lowest BCUT2D eigenvalue weighted by molar-refractivity contribution is -0.276. The van der Waals surface area contributed by atoms with Crippen LogP contribution >= 0.6 is 0 Å². The predicted octanol–water partition coefficient (Wildman–Crippen LogP) is 3.62. The van der Waals surface area contributed by atoms with Gasteiger partial charge < -0.3 is 4.74 Å². The molecule has 1 N–H and O–H groups in total. The standard InChI is InChI=1S/C14H8F7NO3S/c15-8-9(16)11(18)13(12(10(8)17)25-14(19,20)21)26(23,24)22-6-7-4-2-1-3-5-7/h1-5,22H,6H2. The van der Waals surface area contributed by atoms with E-state index in [0.29, 0.717) is 5.56 Å². The van der Waals surface area contributed by atoms with Crippen LogP contribution in [0.25, 0.3) is 0 Å². The van der Waals surface area contributed by atoms with Gasteiger partial charge in [0.2, 0.25) is 21.7 Å². The van der Waals surface area contributed by atoms with Crippen molar-refractivity contribution in [2.45, 2.75) is 17.8 Å². The van der Waals surface area contributed by atoms with Crippen LogP contribution in [0.3, 0.4) is 0 Å². The molecule has 0 amide bonds. The van der Waals surface area contributed by atoms with Crippen molar-refractivity contribution in [3.8, 4) is 5.75 Å². The Morgan fingerprint density at radius 2 is 1.42 bits per heavy atom. The minimum Gasteiger partial charge on any atom is -0.401 e. The summed E-state index contributed by atoms with van der Waals surface area (Å²) in [6.45, 7) is -0.547. The first-order chi connectivity index (χ1) is 11.9. The maximum atomic E-state index is 13.9. The number of ether oxygens (including phenoxy) is 1. The number of hydrogen-bond donors (Lipinski definition) is 1. The Hall–Kier alpha value is -2.34. The van der Waals surface area contributed by atoms with E-state index in [1.54, 1.807) is 10.8 Å². The molecule has 0 aliphatic rings. The van der Waals surface area contributed by atoms with E-state index in [9.17, 15) is 39.2 Å². The summed E-state index contributed by atoms with van der Waals surface area (Å²) in [5.74, 6) is -12.8. The minimum atomic E-state index is -5.69. The molecule has 4 nitrogen and oxygen atoms in total. The van der Waals surface area contributed by atoms with Gasteiger partial charge in [-0.2, -0.15) is 4.39 Å². The highest BCUT2D eigenvalue weighted by molar-refractivity contribution is 7.89. The Morgan fingerprint density at radius 1 is 0.885 bits per heavy atom. The molecule has 0 saturated heterocycles. The number of alkyl halides is 3. The Morgan fingerprint density at radius 3 is 1.96 bits per heavy atom. The molecule has 0 aliphatic heterocycles. The zero-order chi connectivity index (χ0) is 19.7. The van der Waals surface area contributed by atoms with Gasteiger partial charge in [0.25, 0.3) is 0 Å². The monoisotopic (exact) mass is 403 g/mol. The molecule has 2 rings (SSSR count). The lowest BCUT2D eigenvalue weighted by atomic mass is 10.2. The van der Waals surface area contributed by atoms with Crippen molar-refractivity contribution in [3.05, 3.63) is 59.2 Å². The third-order valence-electron chi connectivity index (χ3n) is 2.98. The first-order valence-corrected chi connectivity index (χ1v) is 8.07. The molecule has 0 radical (unpaired) electrons. The molecule has 0 aliphatic carbocycles. The molecule has 142 valence electrons. The third kappa shape index (κ3) is 4.25. The van der Waals surface area contributed by atoms with Gasteiger partial charge >= 0.3 is 6.36 Å². The molecule has 2 aromatic carbocycles. The molecule has 26 heavy (non-hydrogen) atoms. The van der Waals surface area contributed by atoms with Crippen LogP contribution in [0.5, 0.6) is 5.75 Å². The van der Waals surface area contributed by atoms with Crippen LogP contribution in [0.15, 0.2) is 35.2 Å². The van der Waals surface area contributed by atoms with Crippen molar-refractivity contribution in [2.75, 3.05) is 0 Å². The predicted molar refractivity (Wildman–Crippen MR) is 73.4 cm³/mol. The van der Waals surface area contributed by atoms with E-state index in [-0.39, 0.29) is 0 Å². The molecular weight excluding hydrogens is 395 g/mol. The lowest BCUT2D eigenvalue weighted by Gasteiger charge is -2.16. The highest BCUT2D eigenvalue weighted by Crippen LogP contribution is 2.37. The summed E-state index contributed by atoms with van der Waals surface area (Å²) in [5.41, 5.74) is 0.304. The van der Waals surface area contributed by atoms with Crippen molar-refractivity contribution in [1.29, 1.82) is 0 Å². The summed E-state index contributed by atoms with van der Waals surface area (Å²) in [6, 6.07) is 7.41. The molecule has 0 atom stereocenters. The Bertz CT molecular complexity index is 915. The van der Waals surface area contributed by atoms with E-state index in [4.69, 9.17) is 0 Å². The fourth-order valence-corrected chi connectivity index (χ4v) is 3.09. The second-order valence-electron chi connectivity index (χ2n) is 4.77. The highest BCUT2D eigenvalue weighted by Gasteiger charge is 2.40. The average molecular weight is 403 g/mol. The fraction of sp³-hybridized carbons (Fsp3) is 0.143. The number of hydrogen-bond acceptors (Lipinski definition) is 3. The van der Waals surface area contributed by atoms with Crippen LogP contribution in [-0.4, -0.2) is 14.8 Å². The van der Waals surface area contributed by atoms with E-state index in [2.05, 4.69) is 4.74 Å². The maximum absolute atomic E-state index is 13.9. The molecule has 0 heterocycles. The molecule has 0 bridgehead atoms. The third-order valence-corrected chi connectivity index (χ3v) is 4.41. The van der Waals surface area contributed by atoms with Crippen LogP contribution in [0.1, 0.15) is 5.56 Å². The maximum Gasteiger partial charge on any atom is 0.573 e. The number of rotatable bonds is 5. The highest BCUT2D eigenvalue weighted by atomic mass is 32.2. The van der Waals surface area contributed by atoms with Crippen LogP contribution in [-0.2, 0) is 16.6 Å². The number of halogens is 7. The normalized spacial score (nSPS) is 12.3. The van der Waals surface area contributed by atoms with Crippen molar-refractivity contribution in [3.63, 3.8) is 0 Å². The molecule has 0 saturated carbocycles. The summed E-state index contributed by atoms with van der Waals surface area (Å²) >= 11 is 0. The number of benzene rings is 2. The van der Waals surface area contributed by atoms with Gasteiger partial charge in [-0.25, -0.2) is 26.3 Å². The van der Waals surface area contributed by atoms with Crippen LogP contribution in [0.4, 0.5) is 30.7 Å². The second-order valence-corrected chi connectivity index (χ2v) is 6.48. The Balaban J connectivity index is 2.55. The zero-order valence-electron chi connectivity index (χ0n) is 12.4. The first-order valence-electron chi connectivity index (χ1n) is 6.59. The van der Waals surface area contributed by atoms with Gasteiger partial charge in [-0.15, -0.1) is 13.2 Å². The average Bonchev–Trinajstić information content (AvgIpc) is 2.56. The lowest BCUT2D eigenvalue weighted by Crippen LogP contribution is -2.28. The number of sulfonamides is 1. The SMILES string of the molecule is O=S(=O)(NCc1ccccc1)c1c(F)c(F)c(F)c(F)c1OC(F)(F)F. The van der Waals surface area contributed by atoms with Crippen LogP contribution < -0.4 is 9.46 Å².